The van der Waals surface area contributed by atoms with Crippen LogP contribution in [-0.4, -0.2) is 36.2 Å². The largest absolute Gasteiger partial charge is 0.497 e. The number of thiophene rings is 1. The molecule has 142 valence electrons. The van der Waals surface area contributed by atoms with Crippen LogP contribution in [0.25, 0.3) is 0 Å². The van der Waals surface area contributed by atoms with Gasteiger partial charge in [0, 0.05) is 24.8 Å². The van der Waals surface area contributed by atoms with E-state index in [1.165, 1.54) is 12.5 Å². The van der Waals surface area contributed by atoms with E-state index in [1.807, 2.05) is 0 Å². The van der Waals surface area contributed by atoms with Gasteiger partial charge in [0.2, 0.25) is 0 Å². The minimum absolute atomic E-state index is 0.0738. The maximum Gasteiger partial charge on any atom is 0.336 e. The number of benzene rings is 1. The number of hydrogen-bond acceptors (Lipinski definition) is 6. The molecule has 2 heterocycles. The molecule has 3 rings (SSSR count). The molecule has 0 aliphatic carbocycles. The predicted octanol–water partition coefficient (Wildman–Crippen LogP) is 2.26. The molecule has 0 aliphatic rings. The van der Waals surface area contributed by atoms with Gasteiger partial charge >= 0.3 is 5.97 Å². The molecule has 0 fully saturated rings. The van der Waals surface area contributed by atoms with E-state index < -0.39 is 22.0 Å². The van der Waals surface area contributed by atoms with Crippen molar-refractivity contribution in [3.63, 3.8) is 0 Å². The number of carbonyl (C=O) groups is 1. The fourth-order valence-electron chi connectivity index (χ4n) is 2.53. The van der Waals surface area contributed by atoms with Gasteiger partial charge in [0.15, 0.2) is 0 Å². The zero-order valence-corrected chi connectivity index (χ0v) is 16.1. The zero-order chi connectivity index (χ0) is 19.6. The first-order chi connectivity index (χ1) is 12.8. The van der Waals surface area contributed by atoms with E-state index in [2.05, 4.69) is 9.71 Å². The SMILES string of the molecule is COc1cccc([C@@H](NS(=O)(=O)c2cc(C(=O)O)cs2)c2nccn2C)c1. The summed E-state index contributed by atoms with van der Waals surface area (Å²) in [5.74, 6) is -0.113. The van der Waals surface area contributed by atoms with Gasteiger partial charge in [-0.1, -0.05) is 12.1 Å². The minimum Gasteiger partial charge on any atom is -0.497 e. The van der Waals surface area contributed by atoms with Gasteiger partial charge in [-0.2, -0.15) is 4.72 Å². The van der Waals surface area contributed by atoms with Crippen molar-refractivity contribution in [3.05, 3.63) is 65.1 Å². The smallest absolute Gasteiger partial charge is 0.336 e. The van der Waals surface area contributed by atoms with Crippen LogP contribution in [0.15, 0.2) is 52.3 Å². The third-order valence-corrected chi connectivity index (χ3v) is 6.77. The molecule has 0 aliphatic heterocycles. The predicted molar refractivity (Wildman–Crippen MR) is 99.6 cm³/mol. The Balaban J connectivity index is 2.03. The molecule has 0 unspecified atom stereocenters. The van der Waals surface area contributed by atoms with Crippen LogP contribution in [0.5, 0.6) is 5.75 Å². The quantitative estimate of drug-likeness (QED) is 0.622. The Labute approximate surface area is 160 Å². The monoisotopic (exact) mass is 407 g/mol. The summed E-state index contributed by atoms with van der Waals surface area (Å²) in [5, 5.41) is 10.3. The number of aromatic nitrogens is 2. The van der Waals surface area contributed by atoms with Gasteiger partial charge in [-0.25, -0.2) is 18.2 Å². The van der Waals surface area contributed by atoms with Crippen LogP contribution in [0.3, 0.4) is 0 Å². The highest BCUT2D eigenvalue weighted by Gasteiger charge is 2.27. The molecule has 0 amide bonds. The molecule has 3 aromatic rings. The summed E-state index contributed by atoms with van der Waals surface area (Å²) in [6, 6.07) is 7.36. The summed E-state index contributed by atoms with van der Waals surface area (Å²) in [4.78, 5) is 15.3. The molecule has 2 N–H and O–H groups in total. The van der Waals surface area contributed by atoms with Crippen molar-refractivity contribution in [2.45, 2.75) is 10.3 Å². The first kappa shape index (κ1) is 19.1. The molecule has 10 heteroatoms. The second-order valence-electron chi connectivity index (χ2n) is 5.69. The molecule has 0 saturated heterocycles. The van der Waals surface area contributed by atoms with Gasteiger partial charge in [-0.3, -0.25) is 0 Å². The van der Waals surface area contributed by atoms with Gasteiger partial charge in [0.25, 0.3) is 10.0 Å². The Hall–Kier alpha value is -2.69. The van der Waals surface area contributed by atoms with E-state index in [1.54, 1.807) is 48.3 Å². The van der Waals surface area contributed by atoms with Gasteiger partial charge in [-0.15, -0.1) is 11.3 Å². The van der Waals surface area contributed by atoms with E-state index in [4.69, 9.17) is 9.84 Å². The zero-order valence-electron chi connectivity index (χ0n) is 14.5. The second kappa shape index (κ2) is 7.51. The number of rotatable bonds is 7. The molecule has 0 radical (unpaired) electrons. The summed E-state index contributed by atoms with van der Waals surface area (Å²) >= 11 is 0.848. The van der Waals surface area contributed by atoms with Crippen molar-refractivity contribution in [1.29, 1.82) is 0 Å². The van der Waals surface area contributed by atoms with Crippen molar-refractivity contribution in [3.8, 4) is 5.75 Å². The maximum absolute atomic E-state index is 12.9. The molecule has 27 heavy (non-hydrogen) atoms. The van der Waals surface area contributed by atoms with Crippen molar-refractivity contribution in [2.75, 3.05) is 7.11 Å². The fourth-order valence-corrected chi connectivity index (χ4v) is 4.88. The molecule has 0 spiro atoms. The number of ether oxygens (including phenoxy) is 1. The van der Waals surface area contributed by atoms with Crippen LogP contribution < -0.4 is 9.46 Å². The first-order valence-electron chi connectivity index (χ1n) is 7.77. The molecule has 0 saturated carbocycles. The minimum atomic E-state index is -3.97. The number of carboxylic acid groups (broad SMARTS) is 1. The number of imidazole rings is 1. The van der Waals surface area contributed by atoms with Gasteiger partial charge < -0.3 is 14.4 Å². The lowest BCUT2D eigenvalue weighted by atomic mass is 10.1. The molecule has 8 nitrogen and oxygen atoms in total. The van der Waals surface area contributed by atoms with E-state index in [-0.39, 0.29) is 9.77 Å². The Morgan fingerprint density at radius 2 is 2.15 bits per heavy atom. The summed E-state index contributed by atoms with van der Waals surface area (Å²) < 4.78 is 35.2. The van der Waals surface area contributed by atoms with Crippen molar-refractivity contribution in [1.82, 2.24) is 14.3 Å². The first-order valence-corrected chi connectivity index (χ1v) is 10.1. The van der Waals surface area contributed by atoms with Gasteiger partial charge in [-0.05, 0) is 23.8 Å². The van der Waals surface area contributed by atoms with Crippen LogP contribution in [0.4, 0.5) is 0 Å². The second-order valence-corrected chi connectivity index (χ2v) is 8.54. The van der Waals surface area contributed by atoms with Crippen LogP contribution in [0.1, 0.15) is 27.8 Å². The van der Waals surface area contributed by atoms with Gasteiger partial charge in [0.1, 0.15) is 21.8 Å². The van der Waals surface area contributed by atoms with Crippen LogP contribution in [-0.2, 0) is 17.1 Å². The average molecular weight is 407 g/mol. The Morgan fingerprint density at radius 1 is 1.37 bits per heavy atom. The Morgan fingerprint density at radius 3 is 2.74 bits per heavy atom. The summed E-state index contributed by atoms with van der Waals surface area (Å²) in [6.07, 6.45) is 3.29. The Kier molecular flexibility index (Phi) is 5.31. The molecule has 1 aromatic carbocycles. The fraction of sp³-hybridized carbons (Fsp3) is 0.176. The molecule has 1 atom stereocenters. The third-order valence-electron chi connectivity index (χ3n) is 3.90. The number of methoxy groups -OCH3 is 1. The lowest BCUT2D eigenvalue weighted by Crippen LogP contribution is -2.30. The van der Waals surface area contributed by atoms with Gasteiger partial charge in [0.05, 0.1) is 12.7 Å². The molecule has 2 aromatic heterocycles. The molecular formula is C17H17N3O5S2. The summed E-state index contributed by atoms with van der Waals surface area (Å²) in [5.41, 5.74) is 0.567. The van der Waals surface area contributed by atoms with Crippen molar-refractivity contribution >= 4 is 27.3 Å². The Bertz CT molecular complexity index is 1070. The number of nitrogens with one attached hydrogen (secondary N) is 1. The van der Waals surface area contributed by atoms with Crippen LogP contribution in [0, 0.1) is 0 Å². The highest BCUT2D eigenvalue weighted by Crippen LogP contribution is 2.28. The highest BCUT2D eigenvalue weighted by molar-refractivity contribution is 7.91. The summed E-state index contributed by atoms with van der Waals surface area (Å²) in [7, 11) is -0.684. The number of sulfonamides is 1. The van der Waals surface area contributed by atoms with Crippen molar-refractivity contribution in [2.24, 2.45) is 7.05 Å². The van der Waals surface area contributed by atoms with Crippen LogP contribution >= 0.6 is 11.3 Å². The number of aromatic carboxylic acids is 1. The normalized spacial score (nSPS) is 12.7. The lowest BCUT2D eigenvalue weighted by Gasteiger charge is -2.19. The van der Waals surface area contributed by atoms with Crippen LogP contribution in [0.2, 0.25) is 0 Å². The van der Waals surface area contributed by atoms with E-state index in [0.717, 1.165) is 17.4 Å². The number of carboxylic acids is 1. The van der Waals surface area contributed by atoms with E-state index in [0.29, 0.717) is 17.1 Å². The average Bonchev–Trinajstić information content (AvgIpc) is 3.29. The highest BCUT2D eigenvalue weighted by atomic mass is 32.2. The third kappa shape index (κ3) is 4.02. The lowest BCUT2D eigenvalue weighted by molar-refractivity contribution is 0.0697. The maximum atomic E-state index is 12.9. The molecular weight excluding hydrogens is 390 g/mol. The topological polar surface area (TPSA) is 111 Å². The summed E-state index contributed by atoms with van der Waals surface area (Å²) in [6.45, 7) is 0. The number of nitrogens with zero attached hydrogens (tertiary/aromatic N) is 2. The number of hydrogen-bond donors (Lipinski definition) is 2. The molecule has 0 bridgehead atoms. The standard InChI is InChI=1S/C17H17N3O5S2/c1-20-7-6-18-16(20)15(11-4-3-5-13(8-11)25-2)19-27(23,24)14-9-12(10-26-14)17(21)22/h3-10,15,19H,1-2H3,(H,21,22)/t15-/m1/s1. The van der Waals surface area contributed by atoms with Crippen molar-refractivity contribution < 1.29 is 23.1 Å². The van der Waals surface area contributed by atoms with E-state index in [9.17, 15) is 13.2 Å². The van der Waals surface area contributed by atoms with E-state index >= 15 is 0 Å². The number of aryl methyl sites for hydroxylation is 1.